The minimum Gasteiger partial charge on any atom is -0.466 e. The summed E-state index contributed by atoms with van der Waals surface area (Å²) in [6.07, 6.45) is 2.64. The molecule has 0 heterocycles. The number of methoxy groups -OCH3 is 1. The van der Waals surface area contributed by atoms with E-state index in [0.29, 0.717) is 30.7 Å². The number of ether oxygens (including phenoxy) is 3. The predicted octanol–water partition coefficient (Wildman–Crippen LogP) is 8.65. The average Bonchev–Trinajstić information content (AvgIpc) is 2.90. The molecule has 1 atom stereocenters. The first-order valence-electron chi connectivity index (χ1n) is 13.7. The van der Waals surface area contributed by atoms with Gasteiger partial charge in [0.15, 0.2) is 6.79 Å². The standard InChI is InChI=1S/C30H45ClNO7PS/c1-9-15-30(17-18-40(34,36-7)37-8,32-28(33)39-29(3,4)5)16-14-23-11-12-24(20-25(23)31)41-27-19-22(2)10-13-26(27)38-21-35-6/h10-13,19-20H,9,14-18,21H2,1-8H3,(H,32,33)/t30-/m0/s1. The van der Waals surface area contributed by atoms with Crippen molar-refractivity contribution in [3.05, 3.63) is 52.5 Å². The zero-order chi connectivity index (χ0) is 30.7. The molecular weight excluding hydrogens is 585 g/mol. The van der Waals surface area contributed by atoms with E-state index in [9.17, 15) is 9.36 Å². The number of carbonyl (C=O) groups is 1. The molecule has 0 aromatic heterocycles. The summed E-state index contributed by atoms with van der Waals surface area (Å²) < 4.78 is 39.6. The van der Waals surface area contributed by atoms with Crippen molar-refractivity contribution in [2.45, 2.75) is 87.7 Å². The Bertz CT molecular complexity index is 1180. The van der Waals surface area contributed by atoms with E-state index in [4.69, 9.17) is 34.9 Å². The molecule has 0 saturated heterocycles. The Labute approximate surface area is 254 Å². The van der Waals surface area contributed by atoms with Crippen molar-refractivity contribution in [1.29, 1.82) is 0 Å². The van der Waals surface area contributed by atoms with Crippen LogP contribution in [0.5, 0.6) is 5.75 Å². The van der Waals surface area contributed by atoms with Crippen LogP contribution in [0.1, 0.15) is 64.5 Å². The first kappa shape index (κ1) is 35.5. The molecule has 2 aromatic carbocycles. The lowest BCUT2D eigenvalue weighted by Crippen LogP contribution is -2.51. The molecule has 2 rings (SSSR count). The Morgan fingerprint density at radius 3 is 2.32 bits per heavy atom. The predicted molar refractivity (Wildman–Crippen MR) is 166 cm³/mol. The van der Waals surface area contributed by atoms with Gasteiger partial charge in [-0.2, -0.15) is 0 Å². The number of nitrogens with one attached hydrogen (secondary N) is 1. The van der Waals surface area contributed by atoms with Gasteiger partial charge in [0.2, 0.25) is 0 Å². The summed E-state index contributed by atoms with van der Waals surface area (Å²) in [6.45, 7) is 9.71. The second kappa shape index (κ2) is 16.2. The average molecular weight is 630 g/mol. The number of benzene rings is 2. The highest BCUT2D eigenvalue weighted by molar-refractivity contribution is 7.99. The van der Waals surface area contributed by atoms with Crippen LogP contribution in [-0.4, -0.2) is 51.5 Å². The van der Waals surface area contributed by atoms with Gasteiger partial charge in [0, 0.05) is 36.8 Å². The fourth-order valence-corrected chi connectivity index (χ4v) is 7.00. The summed E-state index contributed by atoms with van der Waals surface area (Å²) in [6, 6.07) is 12.0. The lowest BCUT2D eigenvalue weighted by atomic mass is 9.84. The van der Waals surface area contributed by atoms with Crippen molar-refractivity contribution < 1.29 is 32.6 Å². The van der Waals surface area contributed by atoms with E-state index < -0.39 is 24.8 Å². The minimum atomic E-state index is -3.28. The number of carbonyl (C=O) groups excluding carboxylic acids is 1. The van der Waals surface area contributed by atoms with Gasteiger partial charge in [-0.3, -0.25) is 4.57 Å². The molecular formula is C30H45ClNO7PS. The van der Waals surface area contributed by atoms with Gasteiger partial charge in [0.25, 0.3) is 0 Å². The molecule has 8 nitrogen and oxygen atoms in total. The van der Waals surface area contributed by atoms with Crippen LogP contribution in [0.15, 0.2) is 46.2 Å². The van der Waals surface area contributed by atoms with E-state index in [1.807, 2.05) is 65.0 Å². The third-order valence-electron chi connectivity index (χ3n) is 6.47. The van der Waals surface area contributed by atoms with Crippen molar-refractivity contribution in [1.82, 2.24) is 5.32 Å². The van der Waals surface area contributed by atoms with Crippen molar-refractivity contribution in [2.24, 2.45) is 0 Å². The summed E-state index contributed by atoms with van der Waals surface area (Å²) >= 11 is 8.35. The topological polar surface area (TPSA) is 92.3 Å². The van der Waals surface area contributed by atoms with Crippen LogP contribution < -0.4 is 10.1 Å². The van der Waals surface area contributed by atoms with Gasteiger partial charge in [0.05, 0.1) is 11.1 Å². The third-order valence-corrected chi connectivity index (χ3v) is 9.74. The molecule has 11 heteroatoms. The molecule has 0 aliphatic rings. The van der Waals surface area contributed by atoms with E-state index in [2.05, 4.69) is 11.4 Å². The molecule has 0 spiro atoms. The Morgan fingerprint density at radius 1 is 1.02 bits per heavy atom. The molecule has 1 amide bonds. The molecule has 0 aliphatic carbocycles. The lowest BCUT2D eigenvalue weighted by molar-refractivity contribution is 0.0435. The van der Waals surface area contributed by atoms with Gasteiger partial charge >= 0.3 is 13.7 Å². The van der Waals surface area contributed by atoms with Crippen LogP contribution in [0.25, 0.3) is 0 Å². The molecule has 2 aromatic rings. The highest BCUT2D eigenvalue weighted by atomic mass is 35.5. The maximum atomic E-state index is 12.9. The zero-order valence-electron chi connectivity index (χ0n) is 25.5. The Hall–Kier alpha value is -1.74. The highest BCUT2D eigenvalue weighted by Crippen LogP contribution is 2.48. The largest absolute Gasteiger partial charge is 0.466 e. The Morgan fingerprint density at radius 2 is 1.73 bits per heavy atom. The molecule has 0 radical (unpaired) electrons. The first-order valence-corrected chi connectivity index (χ1v) is 16.6. The van der Waals surface area contributed by atoms with E-state index >= 15 is 0 Å². The fourth-order valence-electron chi connectivity index (χ4n) is 4.40. The van der Waals surface area contributed by atoms with Crippen LogP contribution in [0, 0.1) is 6.92 Å². The SMILES string of the molecule is CCC[C@](CCc1ccc(Sc2cc(C)ccc2OCOC)cc1Cl)(CCP(=O)(OC)OC)NC(=O)OC(C)(C)C. The van der Waals surface area contributed by atoms with Crippen LogP contribution >= 0.6 is 31.0 Å². The summed E-state index contributed by atoms with van der Waals surface area (Å²) in [7, 11) is 1.05. The molecule has 0 aliphatic heterocycles. The maximum absolute atomic E-state index is 12.9. The summed E-state index contributed by atoms with van der Waals surface area (Å²) in [4.78, 5) is 14.9. The van der Waals surface area contributed by atoms with E-state index in [-0.39, 0.29) is 13.0 Å². The number of rotatable bonds is 16. The van der Waals surface area contributed by atoms with Crippen LogP contribution in [0.3, 0.4) is 0 Å². The molecule has 0 unspecified atom stereocenters. The van der Waals surface area contributed by atoms with Crippen LogP contribution in [0.2, 0.25) is 5.02 Å². The zero-order valence-corrected chi connectivity index (χ0v) is 28.0. The van der Waals surface area contributed by atoms with Gasteiger partial charge in [-0.15, -0.1) is 0 Å². The normalized spacial score (nSPS) is 13.5. The molecule has 0 bridgehead atoms. The highest BCUT2D eigenvalue weighted by Gasteiger charge is 2.36. The second-order valence-corrected chi connectivity index (χ2v) is 14.9. The van der Waals surface area contributed by atoms with Gasteiger partial charge in [-0.05, 0) is 88.8 Å². The third kappa shape index (κ3) is 11.8. The van der Waals surface area contributed by atoms with E-state index in [1.165, 1.54) is 14.2 Å². The van der Waals surface area contributed by atoms with Gasteiger partial charge in [-0.25, -0.2) is 4.79 Å². The monoisotopic (exact) mass is 629 g/mol. The molecule has 0 saturated carbocycles. The number of amides is 1. The summed E-state index contributed by atoms with van der Waals surface area (Å²) in [5.74, 6) is 0.740. The smallest absolute Gasteiger partial charge is 0.408 e. The van der Waals surface area contributed by atoms with Crippen molar-refractivity contribution in [2.75, 3.05) is 34.3 Å². The van der Waals surface area contributed by atoms with Crippen molar-refractivity contribution in [3.8, 4) is 5.75 Å². The number of halogens is 1. The summed E-state index contributed by atoms with van der Waals surface area (Å²) in [5, 5.41) is 3.73. The molecule has 230 valence electrons. The maximum Gasteiger partial charge on any atom is 0.408 e. The van der Waals surface area contributed by atoms with Gasteiger partial charge in [0.1, 0.15) is 11.4 Å². The first-order chi connectivity index (χ1) is 19.3. The van der Waals surface area contributed by atoms with E-state index in [1.54, 1.807) is 18.9 Å². The van der Waals surface area contributed by atoms with Crippen molar-refractivity contribution >= 4 is 37.1 Å². The summed E-state index contributed by atoms with van der Waals surface area (Å²) in [5.41, 5.74) is 0.717. The molecule has 41 heavy (non-hydrogen) atoms. The number of alkyl carbamates (subject to hydrolysis) is 1. The van der Waals surface area contributed by atoms with E-state index in [0.717, 1.165) is 33.1 Å². The van der Waals surface area contributed by atoms with Crippen molar-refractivity contribution in [3.63, 3.8) is 0 Å². The quantitative estimate of drug-likeness (QED) is 0.146. The number of hydrogen-bond acceptors (Lipinski definition) is 8. The van der Waals surface area contributed by atoms with Crippen LogP contribution in [0.4, 0.5) is 4.79 Å². The fraction of sp³-hybridized carbons (Fsp3) is 0.567. The van der Waals surface area contributed by atoms with Gasteiger partial charge < -0.3 is 28.6 Å². The Balaban J connectivity index is 2.28. The lowest BCUT2D eigenvalue weighted by Gasteiger charge is -2.36. The molecule has 0 fully saturated rings. The molecule has 1 N–H and O–H groups in total. The number of hydrogen-bond donors (Lipinski definition) is 1. The number of aryl methyl sites for hydroxylation is 2. The van der Waals surface area contributed by atoms with Crippen LogP contribution in [-0.2, 0) is 29.5 Å². The second-order valence-electron chi connectivity index (χ2n) is 11.0. The Kier molecular flexibility index (Phi) is 14.0. The van der Waals surface area contributed by atoms with Gasteiger partial charge in [-0.1, -0.05) is 48.8 Å². The minimum absolute atomic E-state index is 0.156.